The Balaban J connectivity index is 1.67. The van der Waals surface area contributed by atoms with Gasteiger partial charge < -0.3 is 4.90 Å². The van der Waals surface area contributed by atoms with Crippen LogP contribution in [-0.2, 0) is 5.41 Å². The van der Waals surface area contributed by atoms with Crippen LogP contribution in [0.4, 0.5) is 0 Å². The van der Waals surface area contributed by atoms with Crippen LogP contribution in [0, 0.1) is 0 Å². The fourth-order valence-electron chi connectivity index (χ4n) is 3.95. The molecule has 0 saturated heterocycles. The third-order valence-corrected chi connectivity index (χ3v) is 5.51. The van der Waals surface area contributed by atoms with E-state index in [-0.39, 0.29) is 5.41 Å². The maximum Gasteiger partial charge on any atom is 0.135 e. The van der Waals surface area contributed by atoms with Crippen molar-refractivity contribution in [2.45, 2.75) is 18.3 Å². The zero-order valence-corrected chi connectivity index (χ0v) is 13.6. The number of aliphatic imine (C=N–C) groups is 1. The Morgan fingerprint density at radius 1 is 1.00 bits per heavy atom. The molecular formula is C20H17ClN2. The Morgan fingerprint density at radius 3 is 2.57 bits per heavy atom. The van der Waals surface area contributed by atoms with Crippen molar-refractivity contribution < 1.29 is 0 Å². The first-order chi connectivity index (χ1) is 11.3. The standard InChI is InChI=1S/C20H17ClN2/c21-16-7-5-15(6-8-16)20(9-10-20)18-13-14-3-1-2-4-17(14)19-22-11-12-23(18)19/h1-8,13H,9-12H2. The molecule has 1 saturated carbocycles. The summed E-state index contributed by atoms with van der Waals surface area (Å²) in [4.78, 5) is 7.21. The third-order valence-electron chi connectivity index (χ3n) is 5.26. The largest absolute Gasteiger partial charge is 0.327 e. The molecule has 2 aromatic rings. The highest BCUT2D eigenvalue weighted by molar-refractivity contribution is 6.30. The zero-order valence-electron chi connectivity index (χ0n) is 12.8. The molecule has 3 aliphatic rings. The minimum Gasteiger partial charge on any atom is -0.327 e. The molecule has 0 bridgehead atoms. The van der Waals surface area contributed by atoms with Crippen LogP contribution in [-0.4, -0.2) is 23.8 Å². The number of hydrogen-bond acceptors (Lipinski definition) is 2. The summed E-state index contributed by atoms with van der Waals surface area (Å²) in [6, 6.07) is 17.0. The molecule has 2 heterocycles. The topological polar surface area (TPSA) is 15.6 Å². The first kappa shape index (κ1) is 13.4. The SMILES string of the molecule is Clc1ccc(C2(C3=Cc4ccccc4C4=NCCN34)CC2)cc1. The van der Waals surface area contributed by atoms with Crippen LogP contribution in [0.1, 0.15) is 29.5 Å². The number of nitrogens with zero attached hydrogens (tertiary/aromatic N) is 2. The summed E-state index contributed by atoms with van der Waals surface area (Å²) in [5.74, 6) is 1.15. The fourth-order valence-corrected chi connectivity index (χ4v) is 4.07. The summed E-state index contributed by atoms with van der Waals surface area (Å²) < 4.78 is 0. The average molecular weight is 321 g/mol. The zero-order chi connectivity index (χ0) is 15.4. The number of amidine groups is 1. The van der Waals surface area contributed by atoms with Crippen molar-refractivity contribution >= 4 is 23.5 Å². The van der Waals surface area contributed by atoms with Crippen molar-refractivity contribution in [2.75, 3.05) is 13.1 Å². The Kier molecular flexibility index (Phi) is 2.75. The smallest absolute Gasteiger partial charge is 0.135 e. The van der Waals surface area contributed by atoms with E-state index in [1.165, 1.54) is 35.2 Å². The van der Waals surface area contributed by atoms with Gasteiger partial charge in [-0.25, -0.2) is 0 Å². The first-order valence-corrected chi connectivity index (χ1v) is 8.55. The number of halogens is 1. The maximum atomic E-state index is 6.08. The summed E-state index contributed by atoms with van der Waals surface area (Å²) >= 11 is 6.08. The van der Waals surface area contributed by atoms with Gasteiger partial charge in [-0.15, -0.1) is 0 Å². The number of fused-ring (bicyclic) bond motifs is 3. The van der Waals surface area contributed by atoms with Gasteiger partial charge in [-0.3, -0.25) is 4.99 Å². The quantitative estimate of drug-likeness (QED) is 0.796. The number of hydrogen-bond donors (Lipinski definition) is 0. The van der Waals surface area contributed by atoms with E-state index < -0.39 is 0 Å². The maximum absolute atomic E-state index is 6.08. The predicted molar refractivity (Wildman–Crippen MR) is 94.9 cm³/mol. The molecule has 0 unspecified atom stereocenters. The molecule has 2 aliphatic heterocycles. The molecule has 23 heavy (non-hydrogen) atoms. The van der Waals surface area contributed by atoms with Crippen LogP contribution in [0.3, 0.4) is 0 Å². The summed E-state index contributed by atoms with van der Waals surface area (Å²) in [7, 11) is 0. The molecule has 2 nitrogen and oxygen atoms in total. The highest BCUT2D eigenvalue weighted by Crippen LogP contribution is 2.56. The summed E-state index contributed by atoms with van der Waals surface area (Å²) in [6.07, 6.45) is 4.78. The highest BCUT2D eigenvalue weighted by Gasteiger charge is 2.51. The molecule has 114 valence electrons. The minimum absolute atomic E-state index is 0.142. The number of allylic oxidation sites excluding steroid dienone is 1. The van der Waals surface area contributed by atoms with Gasteiger partial charge in [0.05, 0.1) is 6.54 Å². The van der Waals surface area contributed by atoms with E-state index in [4.69, 9.17) is 16.6 Å². The van der Waals surface area contributed by atoms with Gasteiger partial charge >= 0.3 is 0 Å². The molecule has 0 radical (unpaired) electrons. The lowest BCUT2D eigenvalue weighted by molar-refractivity contribution is 0.500. The Bertz CT molecular complexity index is 844. The lowest BCUT2D eigenvalue weighted by atomic mass is 9.87. The van der Waals surface area contributed by atoms with Gasteiger partial charge in [-0.2, -0.15) is 0 Å². The van der Waals surface area contributed by atoms with Gasteiger partial charge in [0.2, 0.25) is 0 Å². The van der Waals surface area contributed by atoms with E-state index >= 15 is 0 Å². The third kappa shape index (κ3) is 1.91. The minimum atomic E-state index is 0.142. The van der Waals surface area contributed by atoms with Crippen molar-refractivity contribution in [3.8, 4) is 0 Å². The summed E-state index contributed by atoms with van der Waals surface area (Å²) in [6.45, 7) is 1.88. The summed E-state index contributed by atoms with van der Waals surface area (Å²) in [5, 5.41) is 0.802. The average Bonchev–Trinajstić information content (AvgIpc) is 3.23. The van der Waals surface area contributed by atoms with Crippen LogP contribution in [0.2, 0.25) is 5.02 Å². The number of rotatable bonds is 2. The summed E-state index contributed by atoms with van der Waals surface area (Å²) in [5.41, 5.74) is 5.48. The van der Waals surface area contributed by atoms with Gasteiger partial charge in [0.15, 0.2) is 0 Å². The molecule has 1 aliphatic carbocycles. The van der Waals surface area contributed by atoms with Crippen molar-refractivity contribution in [3.63, 3.8) is 0 Å². The lowest BCUT2D eigenvalue weighted by Crippen LogP contribution is -2.36. The van der Waals surface area contributed by atoms with Crippen LogP contribution in [0.15, 0.2) is 59.2 Å². The van der Waals surface area contributed by atoms with Crippen molar-refractivity contribution in [3.05, 3.63) is 75.9 Å². The first-order valence-electron chi connectivity index (χ1n) is 8.18. The van der Waals surface area contributed by atoms with Crippen molar-refractivity contribution in [1.82, 2.24) is 4.90 Å². The second kappa shape index (κ2) is 4.72. The van der Waals surface area contributed by atoms with Crippen LogP contribution in [0.5, 0.6) is 0 Å². The van der Waals surface area contributed by atoms with E-state index in [0.717, 1.165) is 23.9 Å². The van der Waals surface area contributed by atoms with Crippen molar-refractivity contribution in [1.29, 1.82) is 0 Å². The Hall–Kier alpha value is -2.06. The molecule has 3 heteroatoms. The molecule has 0 amide bonds. The van der Waals surface area contributed by atoms with E-state index in [9.17, 15) is 0 Å². The highest BCUT2D eigenvalue weighted by atomic mass is 35.5. The molecule has 1 fully saturated rings. The Labute approximate surface area is 141 Å². The molecule has 0 N–H and O–H groups in total. The molecule has 5 rings (SSSR count). The molecular weight excluding hydrogens is 304 g/mol. The van der Waals surface area contributed by atoms with Gasteiger partial charge in [-0.1, -0.05) is 48.0 Å². The van der Waals surface area contributed by atoms with Gasteiger partial charge in [0.25, 0.3) is 0 Å². The van der Waals surface area contributed by atoms with Crippen molar-refractivity contribution in [2.24, 2.45) is 4.99 Å². The number of benzene rings is 2. The van der Waals surface area contributed by atoms with E-state index in [0.29, 0.717) is 0 Å². The molecule has 0 atom stereocenters. The second-order valence-electron chi connectivity index (χ2n) is 6.56. The van der Waals surface area contributed by atoms with Crippen LogP contribution < -0.4 is 0 Å². The predicted octanol–water partition coefficient (Wildman–Crippen LogP) is 4.49. The van der Waals surface area contributed by atoms with Gasteiger partial charge in [0.1, 0.15) is 5.84 Å². The van der Waals surface area contributed by atoms with E-state index in [1.807, 2.05) is 12.1 Å². The normalized spacial score (nSPS) is 20.5. The lowest BCUT2D eigenvalue weighted by Gasteiger charge is -2.34. The van der Waals surface area contributed by atoms with Crippen LogP contribution >= 0.6 is 11.6 Å². The molecule has 2 aromatic carbocycles. The fraction of sp³-hybridized carbons (Fsp3) is 0.250. The van der Waals surface area contributed by atoms with E-state index in [2.05, 4.69) is 47.4 Å². The monoisotopic (exact) mass is 320 g/mol. The Morgan fingerprint density at radius 2 is 1.78 bits per heavy atom. The van der Waals surface area contributed by atoms with E-state index in [1.54, 1.807) is 0 Å². The molecule has 0 aromatic heterocycles. The molecule has 0 spiro atoms. The van der Waals surface area contributed by atoms with Gasteiger partial charge in [0, 0.05) is 28.2 Å². The van der Waals surface area contributed by atoms with Crippen LogP contribution in [0.25, 0.3) is 6.08 Å². The second-order valence-corrected chi connectivity index (χ2v) is 7.00. The van der Waals surface area contributed by atoms with Gasteiger partial charge in [-0.05, 0) is 42.2 Å².